The van der Waals surface area contributed by atoms with Crippen LogP contribution in [0.4, 0.5) is 10.5 Å². The van der Waals surface area contributed by atoms with E-state index >= 15 is 0 Å². The number of amides is 2. The molecule has 2 amide bonds. The number of urea groups is 1. The van der Waals surface area contributed by atoms with E-state index in [0.29, 0.717) is 6.54 Å². The smallest absolute Gasteiger partial charge is 0.319 e. The summed E-state index contributed by atoms with van der Waals surface area (Å²) < 4.78 is 0. The Labute approximate surface area is 147 Å². The molecule has 0 spiro atoms. The lowest BCUT2D eigenvalue weighted by molar-refractivity contribution is 0.161. The summed E-state index contributed by atoms with van der Waals surface area (Å²) in [6, 6.07) is 10.1. The SMILES string of the molecule is Cc1cccc(NC(=O)NCC(c2ccsc2)N2CCCCC2)c1. The van der Waals surface area contributed by atoms with Crippen molar-refractivity contribution in [1.82, 2.24) is 10.2 Å². The number of nitrogens with zero attached hydrogens (tertiary/aromatic N) is 1. The molecule has 24 heavy (non-hydrogen) atoms. The van der Waals surface area contributed by atoms with Crippen molar-refractivity contribution in [3.63, 3.8) is 0 Å². The maximum absolute atomic E-state index is 12.2. The number of rotatable bonds is 5. The lowest BCUT2D eigenvalue weighted by Crippen LogP contribution is -2.41. The molecule has 1 aliphatic heterocycles. The van der Waals surface area contributed by atoms with Gasteiger partial charge in [-0.15, -0.1) is 0 Å². The summed E-state index contributed by atoms with van der Waals surface area (Å²) in [7, 11) is 0. The first kappa shape index (κ1) is 17.0. The van der Waals surface area contributed by atoms with Gasteiger partial charge in [-0.05, 0) is 72.9 Å². The van der Waals surface area contributed by atoms with Crippen LogP contribution in [-0.2, 0) is 0 Å². The van der Waals surface area contributed by atoms with Crippen LogP contribution in [0.5, 0.6) is 0 Å². The average molecular weight is 343 g/mol. The van der Waals surface area contributed by atoms with Gasteiger partial charge in [-0.1, -0.05) is 18.6 Å². The summed E-state index contributed by atoms with van der Waals surface area (Å²) in [5, 5.41) is 10.3. The van der Waals surface area contributed by atoms with Crippen LogP contribution in [0, 0.1) is 6.92 Å². The summed E-state index contributed by atoms with van der Waals surface area (Å²) >= 11 is 1.72. The van der Waals surface area contributed by atoms with Crippen LogP contribution in [0.25, 0.3) is 0 Å². The third-order valence-corrected chi connectivity index (χ3v) is 5.19. The highest BCUT2D eigenvalue weighted by molar-refractivity contribution is 7.07. The van der Waals surface area contributed by atoms with Crippen LogP contribution >= 0.6 is 11.3 Å². The molecular weight excluding hydrogens is 318 g/mol. The van der Waals surface area contributed by atoms with Crippen molar-refractivity contribution >= 4 is 23.1 Å². The summed E-state index contributed by atoms with van der Waals surface area (Å²) in [4.78, 5) is 14.7. The fraction of sp³-hybridized carbons (Fsp3) is 0.421. The van der Waals surface area contributed by atoms with Gasteiger partial charge in [0.1, 0.15) is 0 Å². The Balaban J connectivity index is 1.59. The molecule has 2 aromatic rings. The normalized spacial score (nSPS) is 16.5. The van der Waals surface area contributed by atoms with Gasteiger partial charge in [0.25, 0.3) is 0 Å². The molecule has 128 valence electrons. The summed E-state index contributed by atoms with van der Waals surface area (Å²) in [5.41, 5.74) is 3.27. The van der Waals surface area contributed by atoms with Crippen molar-refractivity contribution in [3.05, 3.63) is 52.2 Å². The van der Waals surface area contributed by atoms with Gasteiger partial charge in [-0.2, -0.15) is 11.3 Å². The van der Waals surface area contributed by atoms with Crippen LogP contribution in [0.3, 0.4) is 0 Å². The molecule has 2 N–H and O–H groups in total. The quantitative estimate of drug-likeness (QED) is 0.845. The summed E-state index contributed by atoms with van der Waals surface area (Å²) in [5.74, 6) is 0. The molecule has 1 atom stereocenters. The van der Waals surface area contributed by atoms with Crippen LogP contribution in [0.2, 0.25) is 0 Å². The zero-order valence-electron chi connectivity index (χ0n) is 14.1. The molecule has 1 unspecified atom stereocenters. The number of benzene rings is 1. The molecule has 1 aromatic carbocycles. The van der Waals surface area contributed by atoms with E-state index in [-0.39, 0.29) is 12.1 Å². The molecule has 0 aliphatic carbocycles. The molecular formula is C19H25N3OS. The second-order valence-corrected chi connectivity index (χ2v) is 7.15. The highest BCUT2D eigenvalue weighted by atomic mass is 32.1. The van der Waals surface area contributed by atoms with Crippen molar-refractivity contribution in [2.75, 3.05) is 25.0 Å². The molecule has 5 heteroatoms. The zero-order chi connectivity index (χ0) is 16.8. The van der Waals surface area contributed by atoms with Gasteiger partial charge in [-0.3, -0.25) is 4.90 Å². The van der Waals surface area contributed by atoms with E-state index in [9.17, 15) is 4.79 Å². The Morgan fingerprint density at radius 3 is 2.79 bits per heavy atom. The maximum Gasteiger partial charge on any atom is 0.319 e. The van der Waals surface area contributed by atoms with Gasteiger partial charge in [0.05, 0.1) is 6.04 Å². The fourth-order valence-electron chi connectivity index (χ4n) is 3.24. The number of carbonyl (C=O) groups is 1. The Morgan fingerprint density at radius 1 is 1.25 bits per heavy atom. The topological polar surface area (TPSA) is 44.4 Å². The molecule has 1 aromatic heterocycles. The third kappa shape index (κ3) is 4.58. The molecule has 1 aliphatic rings. The number of anilines is 1. The van der Waals surface area contributed by atoms with Gasteiger partial charge in [0.15, 0.2) is 0 Å². The summed E-state index contributed by atoms with van der Waals surface area (Å²) in [6.45, 7) is 4.88. The fourth-order valence-corrected chi connectivity index (χ4v) is 3.95. The molecule has 1 saturated heterocycles. The minimum atomic E-state index is -0.141. The van der Waals surface area contributed by atoms with Crippen molar-refractivity contribution in [2.24, 2.45) is 0 Å². The summed E-state index contributed by atoms with van der Waals surface area (Å²) in [6.07, 6.45) is 3.81. The lowest BCUT2D eigenvalue weighted by Gasteiger charge is -2.34. The molecule has 2 heterocycles. The Kier molecular flexibility index (Phi) is 5.88. The van der Waals surface area contributed by atoms with Crippen molar-refractivity contribution in [2.45, 2.75) is 32.2 Å². The molecule has 0 bridgehead atoms. The number of likely N-dealkylation sites (tertiary alicyclic amines) is 1. The van der Waals surface area contributed by atoms with E-state index in [2.05, 4.69) is 32.4 Å². The third-order valence-electron chi connectivity index (χ3n) is 4.49. The first-order chi connectivity index (χ1) is 11.7. The molecule has 0 radical (unpaired) electrons. The number of carbonyl (C=O) groups excluding carboxylic acids is 1. The van der Waals surface area contributed by atoms with Gasteiger partial charge in [-0.25, -0.2) is 4.79 Å². The van der Waals surface area contributed by atoms with Crippen molar-refractivity contribution < 1.29 is 4.79 Å². The minimum Gasteiger partial charge on any atom is -0.336 e. The molecule has 4 nitrogen and oxygen atoms in total. The maximum atomic E-state index is 12.2. The minimum absolute atomic E-state index is 0.141. The van der Waals surface area contributed by atoms with Gasteiger partial charge >= 0.3 is 6.03 Å². The van der Waals surface area contributed by atoms with Crippen molar-refractivity contribution in [1.29, 1.82) is 0 Å². The van der Waals surface area contributed by atoms with E-state index in [1.54, 1.807) is 11.3 Å². The predicted molar refractivity (Wildman–Crippen MR) is 101 cm³/mol. The Bertz CT molecular complexity index is 650. The number of aryl methyl sites for hydroxylation is 1. The van der Waals surface area contributed by atoms with Crippen LogP contribution < -0.4 is 10.6 Å². The second-order valence-electron chi connectivity index (χ2n) is 6.37. The largest absolute Gasteiger partial charge is 0.336 e. The molecule has 3 rings (SSSR count). The molecule has 0 saturated carbocycles. The van der Waals surface area contributed by atoms with Gasteiger partial charge < -0.3 is 10.6 Å². The zero-order valence-corrected chi connectivity index (χ0v) is 14.9. The van der Waals surface area contributed by atoms with Gasteiger partial charge in [0, 0.05) is 12.2 Å². The van der Waals surface area contributed by atoms with Crippen LogP contribution in [-0.4, -0.2) is 30.6 Å². The van der Waals surface area contributed by atoms with E-state index in [0.717, 1.165) is 24.3 Å². The first-order valence-electron chi connectivity index (χ1n) is 8.60. The number of nitrogens with one attached hydrogen (secondary N) is 2. The monoisotopic (exact) mass is 343 g/mol. The van der Waals surface area contributed by atoms with Gasteiger partial charge in [0.2, 0.25) is 0 Å². The average Bonchev–Trinajstić information content (AvgIpc) is 3.10. The first-order valence-corrected chi connectivity index (χ1v) is 9.54. The lowest BCUT2D eigenvalue weighted by atomic mass is 10.0. The number of piperidine rings is 1. The van der Waals surface area contributed by atoms with E-state index in [1.165, 1.54) is 24.8 Å². The number of thiophene rings is 1. The van der Waals surface area contributed by atoms with Crippen LogP contribution in [0.15, 0.2) is 41.1 Å². The van der Waals surface area contributed by atoms with Crippen LogP contribution in [0.1, 0.15) is 36.4 Å². The van der Waals surface area contributed by atoms with E-state index in [1.807, 2.05) is 31.2 Å². The van der Waals surface area contributed by atoms with E-state index < -0.39 is 0 Å². The highest BCUT2D eigenvalue weighted by Gasteiger charge is 2.23. The van der Waals surface area contributed by atoms with E-state index in [4.69, 9.17) is 0 Å². The highest BCUT2D eigenvalue weighted by Crippen LogP contribution is 2.25. The number of hydrogen-bond donors (Lipinski definition) is 2. The van der Waals surface area contributed by atoms with Crippen molar-refractivity contribution in [3.8, 4) is 0 Å². The Hall–Kier alpha value is -1.85. The predicted octanol–water partition coefficient (Wildman–Crippen LogP) is 4.41. The second kappa shape index (κ2) is 8.31. The molecule has 1 fully saturated rings. The standard InChI is InChI=1S/C19H25N3OS/c1-15-6-5-7-17(12-15)21-19(23)20-13-18(16-8-11-24-14-16)22-9-3-2-4-10-22/h5-8,11-12,14,18H,2-4,9-10,13H2,1H3,(H2,20,21,23). The number of hydrogen-bond acceptors (Lipinski definition) is 3. The Morgan fingerprint density at radius 2 is 2.08 bits per heavy atom.